The van der Waals surface area contributed by atoms with Gasteiger partial charge < -0.3 is 15.4 Å². The van der Waals surface area contributed by atoms with Gasteiger partial charge in [-0.3, -0.25) is 4.79 Å². The van der Waals surface area contributed by atoms with E-state index in [9.17, 15) is 4.79 Å². The highest BCUT2D eigenvalue weighted by Crippen LogP contribution is 2.24. The number of rotatable bonds is 3. The summed E-state index contributed by atoms with van der Waals surface area (Å²) in [6, 6.07) is 5.13. The summed E-state index contributed by atoms with van der Waals surface area (Å²) in [4.78, 5) is 14.1. The van der Waals surface area contributed by atoms with Gasteiger partial charge in [-0.1, -0.05) is 23.7 Å². The Labute approximate surface area is 117 Å². The van der Waals surface area contributed by atoms with Gasteiger partial charge in [0.25, 0.3) is 5.91 Å². The molecule has 1 heterocycles. The number of benzene rings is 1. The van der Waals surface area contributed by atoms with Crippen LogP contribution in [0.2, 0.25) is 5.02 Å². The third-order valence-corrected chi connectivity index (χ3v) is 3.53. The number of methoxy groups -OCH3 is 1. The summed E-state index contributed by atoms with van der Waals surface area (Å²) in [5, 5.41) is 0.415. The quantitative estimate of drug-likeness (QED) is 0.683. The minimum absolute atomic E-state index is 0.0762. The van der Waals surface area contributed by atoms with Gasteiger partial charge in [-0.25, -0.2) is 0 Å². The van der Waals surface area contributed by atoms with E-state index >= 15 is 0 Å². The molecule has 1 aromatic carbocycles. The number of nitrogen functional groups attached to an aromatic ring is 1. The van der Waals surface area contributed by atoms with Gasteiger partial charge in [0.1, 0.15) is 0 Å². The van der Waals surface area contributed by atoms with Gasteiger partial charge in [0.05, 0.1) is 22.9 Å². The van der Waals surface area contributed by atoms with Crippen molar-refractivity contribution in [3.8, 4) is 0 Å². The average Bonchev–Trinajstić information content (AvgIpc) is 2.42. The summed E-state index contributed by atoms with van der Waals surface area (Å²) >= 11 is 5.94. The number of nitrogens with two attached hydrogens (primary N) is 1. The SMILES string of the molecule is COCC1=CCN(C(=O)c2cccc(Cl)c2N)CC1. The number of anilines is 1. The third-order valence-electron chi connectivity index (χ3n) is 3.20. The second kappa shape index (κ2) is 6.08. The maximum atomic E-state index is 12.4. The van der Waals surface area contributed by atoms with E-state index in [0.29, 0.717) is 36.0 Å². The second-order valence-electron chi connectivity index (χ2n) is 4.50. The molecule has 1 amide bonds. The Balaban J connectivity index is 2.12. The topological polar surface area (TPSA) is 55.6 Å². The van der Waals surface area contributed by atoms with Crippen molar-refractivity contribution in [1.82, 2.24) is 4.90 Å². The van der Waals surface area contributed by atoms with Crippen LogP contribution in [0.5, 0.6) is 0 Å². The Morgan fingerprint density at radius 1 is 1.53 bits per heavy atom. The van der Waals surface area contributed by atoms with Crippen LogP contribution in [0.25, 0.3) is 0 Å². The van der Waals surface area contributed by atoms with Crippen LogP contribution in [0.15, 0.2) is 29.8 Å². The van der Waals surface area contributed by atoms with Crippen molar-refractivity contribution in [2.24, 2.45) is 0 Å². The van der Waals surface area contributed by atoms with Gasteiger partial charge in [-0.15, -0.1) is 0 Å². The number of halogens is 1. The number of ether oxygens (including phenoxy) is 1. The Hall–Kier alpha value is -1.52. The van der Waals surface area contributed by atoms with E-state index in [0.717, 1.165) is 6.42 Å². The monoisotopic (exact) mass is 280 g/mol. The number of hydrogen-bond acceptors (Lipinski definition) is 3. The van der Waals surface area contributed by atoms with Crippen molar-refractivity contribution in [3.05, 3.63) is 40.4 Å². The number of nitrogens with zero attached hydrogens (tertiary/aromatic N) is 1. The number of amides is 1. The van der Waals surface area contributed by atoms with E-state index in [2.05, 4.69) is 0 Å². The molecule has 0 atom stereocenters. The number of carbonyl (C=O) groups is 1. The predicted molar refractivity (Wildman–Crippen MR) is 76.3 cm³/mol. The average molecular weight is 281 g/mol. The van der Waals surface area contributed by atoms with E-state index in [4.69, 9.17) is 22.1 Å². The molecule has 0 bridgehead atoms. The lowest BCUT2D eigenvalue weighted by Crippen LogP contribution is -2.35. The molecule has 0 radical (unpaired) electrons. The van der Waals surface area contributed by atoms with Gasteiger partial charge in [0, 0.05) is 20.2 Å². The molecular formula is C14H17ClN2O2. The fourth-order valence-corrected chi connectivity index (χ4v) is 2.28. The molecule has 0 fully saturated rings. The molecule has 102 valence electrons. The molecule has 4 nitrogen and oxygen atoms in total. The summed E-state index contributed by atoms with van der Waals surface area (Å²) in [7, 11) is 1.67. The molecule has 1 aliphatic heterocycles. The zero-order valence-corrected chi connectivity index (χ0v) is 11.6. The van der Waals surface area contributed by atoms with E-state index in [1.54, 1.807) is 30.2 Å². The lowest BCUT2D eigenvalue weighted by molar-refractivity contribution is 0.0766. The maximum absolute atomic E-state index is 12.4. The molecule has 2 rings (SSSR count). The predicted octanol–water partition coefficient (Wildman–Crippen LogP) is 2.34. The van der Waals surface area contributed by atoms with E-state index in [1.807, 2.05) is 6.08 Å². The van der Waals surface area contributed by atoms with Crippen molar-refractivity contribution in [1.29, 1.82) is 0 Å². The normalized spacial score (nSPS) is 15.3. The molecule has 0 saturated heterocycles. The molecule has 0 saturated carbocycles. The van der Waals surface area contributed by atoms with E-state index in [-0.39, 0.29) is 5.91 Å². The van der Waals surface area contributed by atoms with E-state index in [1.165, 1.54) is 5.57 Å². The summed E-state index contributed by atoms with van der Waals surface area (Å²) in [6.45, 7) is 1.89. The smallest absolute Gasteiger partial charge is 0.256 e. The maximum Gasteiger partial charge on any atom is 0.256 e. The highest BCUT2D eigenvalue weighted by molar-refractivity contribution is 6.33. The van der Waals surface area contributed by atoms with Crippen LogP contribution in [0.3, 0.4) is 0 Å². The zero-order chi connectivity index (χ0) is 13.8. The van der Waals surface area contributed by atoms with Crippen LogP contribution in [-0.2, 0) is 4.74 Å². The van der Waals surface area contributed by atoms with Crippen molar-refractivity contribution in [3.63, 3.8) is 0 Å². The minimum atomic E-state index is -0.0762. The first-order valence-electron chi connectivity index (χ1n) is 6.13. The first-order valence-corrected chi connectivity index (χ1v) is 6.51. The molecule has 0 aromatic heterocycles. The first-order chi connectivity index (χ1) is 9.13. The van der Waals surface area contributed by atoms with Crippen molar-refractivity contribution in [2.75, 3.05) is 32.5 Å². The molecule has 5 heteroatoms. The summed E-state index contributed by atoms with van der Waals surface area (Å²) in [6.07, 6.45) is 2.87. The van der Waals surface area contributed by atoms with Crippen LogP contribution < -0.4 is 5.73 Å². The summed E-state index contributed by atoms with van der Waals surface area (Å²) in [5.41, 5.74) is 7.89. The molecule has 0 spiro atoms. The molecule has 19 heavy (non-hydrogen) atoms. The Morgan fingerprint density at radius 3 is 2.95 bits per heavy atom. The summed E-state index contributed by atoms with van der Waals surface area (Å²) < 4.78 is 5.09. The van der Waals surface area contributed by atoms with Crippen LogP contribution >= 0.6 is 11.6 Å². The van der Waals surface area contributed by atoms with Gasteiger partial charge in [-0.2, -0.15) is 0 Å². The number of para-hydroxylation sites is 1. The second-order valence-corrected chi connectivity index (χ2v) is 4.90. The summed E-state index contributed by atoms with van der Waals surface area (Å²) in [5.74, 6) is -0.0762. The van der Waals surface area contributed by atoms with Crippen LogP contribution in [0, 0.1) is 0 Å². The van der Waals surface area contributed by atoms with Gasteiger partial charge in [0.15, 0.2) is 0 Å². The lowest BCUT2D eigenvalue weighted by Gasteiger charge is -2.27. The molecule has 1 aliphatic rings. The largest absolute Gasteiger partial charge is 0.397 e. The standard InChI is InChI=1S/C14H17ClN2O2/c1-19-9-10-5-7-17(8-6-10)14(18)11-3-2-4-12(15)13(11)16/h2-5H,6-9,16H2,1H3. The van der Waals surface area contributed by atoms with Gasteiger partial charge >= 0.3 is 0 Å². The van der Waals surface area contributed by atoms with E-state index < -0.39 is 0 Å². The molecule has 1 aromatic rings. The fraction of sp³-hybridized carbons (Fsp3) is 0.357. The van der Waals surface area contributed by atoms with Crippen molar-refractivity contribution < 1.29 is 9.53 Å². The van der Waals surface area contributed by atoms with Crippen molar-refractivity contribution in [2.45, 2.75) is 6.42 Å². The molecule has 0 aliphatic carbocycles. The fourth-order valence-electron chi connectivity index (χ4n) is 2.11. The highest BCUT2D eigenvalue weighted by atomic mass is 35.5. The molecular weight excluding hydrogens is 264 g/mol. The molecule has 2 N–H and O–H groups in total. The van der Waals surface area contributed by atoms with Gasteiger partial charge in [0.2, 0.25) is 0 Å². The lowest BCUT2D eigenvalue weighted by atomic mass is 10.1. The van der Waals surface area contributed by atoms with Gasteiger partial charge in [-0.05, 0) is 24.1 Å². The van der Waals surface area contributed by atoms with Crippen LogP contribution in [0.4, 0.5) is 5.69 Å². The first kappa shape index (κ1) is 13.9. The zero-order valence-electron chi connectivity index (χ0n) is 10.9. The molecule has 0 unspecified atom stereocenters. The highest BCUT2D eigenvalue weighted by Gasteiger charge is 2.21. The minimum Gasteiger partial charge on any atom is -0.397 e. The number of carbonyl (C=O) groups excluding carboxylic acids is 1. The Bertz CT molecular complexity index is 514. The van der Waals surface area contributed by atoms with Crippen LogP contribution in [-0.4, -0.2) is 37.6 Å². The number of hydrogen-bond donors (Lipinski definition) is 1. The van der Waals surface area contributed by atoms with Crippen LogP contribution in [0.1, 0.15) is 16.8 Å². The van der Waals surface area contributed by atoms with Crippen molar-refractivity contribution >= 4 is 23.2 Å². The Kier molecular flexibility index (Phi) is 4.45. The third kappa shape index (κ3) is 3.08. The Morgan fingerprint density at radius 2 is 2.32 bits per heavy atom.